The molecule has 0 radical (unpaired) electrons. The summed E-state index contributed by atoms with van der Waals surface area (Å²) in [5, 5.41) is 18.9. The summed E-state index contributed by atoms with van der Waals surface area (Å²) in [5.74, 6) is 1.74. The van der Waals surface area contributed by atoms with Crippen LogP contribution in [0.5, 0.6) is 11.5 Å². The number of hydrogen-bond acceptors (Lipinski definition) is 10. The fourth-order valence-corrected chi connectivity index (χ4v) is 8.91. The number of likely N-dealkylation sites (N-methyl/N-ethyl adjacent to an activating group) is 1. The Labute approximate surface area is 337 Å². The number of rotatable bonds is 18. The van der Waals surface area contributed by atoms with Crippen molar-refractivity contribution in [3.8, 4) is 11.5 Å². The minimum absolute atomic E-state index is 0.0679. The van der Waals surface area contributed by atoms with Crippen LogP contribution >= 0.6 is 11.8 Å². The summed E-state index contributed by atoms with van der Waals surface area (Å²) in [7, 11) is 1.95. The number of thioether (sulfide) groups is 1. The molecule has 6 atom stereocenters. The van der Waals surface area contributed by atoms with Crippen LogP contribution in [-0.4, -0.2) is 85.7 Å². The summed E-state index contributed by atoms with van der Waals surface area (Å²) in [6.07, 6.45) is 4.41. The predicted octanol–water partition coefficient (Wildman–Crippen LogP) is 4.67. The van der Waals surface area contributed by atoms with Crippen LogP contribution in [0.3, 0.4) is 0 Å². The van der Waals surface area contributed by atoms with Crippen LogP contribution in [0, 0.1) is 5.53 Å². The molecule has 16 heteroatoms. The topological polar surface area (TPSA) is 200 Å². The maximum atomic E-state index is 13.5. The monoisotopic (exact) mass is 798 g/mol. The Bertz CT molecular complexity index is 1910. The van der Waals surface area contributed by atoms with Gasteiger partial charge >= 0.3 is 6.03 Å². The lowest BCUT2D eigenvalue weighted by Gasteiger charge is -2.29. The van der Waals surface area contributed by atoms with E-state index in [4.69, 9.17) is 15.0 Å². The van der Waals surface area contributed by atoms with Crippen LogP contribution < -0.4 is 45.9 Å². The molecule has 3 aliphatic rings. The third-order valence-corrected chi connectivity index (χ3v) is 11.9. The van der Waals surface area contributed by atoms with E-state index in [1.54, 1.807) is 31.2 Å². The van der Waals surface area contributed by atoms with Crippen molar-refractivity contribution in [2.24, 2.45) is 5.11 Å². The minimum atomic E-state index is -0.797. The molecule has 0 aliphatic carbocycles. The molecule has 302 valence electrons. The van der Waals surface area contributed by atoms with Crippen LogP contribution in [0.2, 0.25) is 0 Å². The highest BCUT2D eigenvalue weighted by molar-refractivity contribution is 8.00. The summed E-state index contributed by atoms with van der Waals surface area (Å²) in [5.41, 5.74) is 9.86. The van der Waals surface area contributed by atoms with Gasteiger partial charge in [0.05, 0.1) is 36.8 Å². The van der Waals surface area contributed by atoms with Gasteiger partial charge in [0.2, 0.25) is 22.6 Å². The second kappa shape index (κ2) is 20.0. The highest BCUT2D eigenvalue weighted by atomic mass is 32.2. The molecular formula is C41H52N9O6S+. The number of amides is 5. The maximum absolute atomic E-state index is 13.5. The fraction of sp³-hybridized carbons (Fsp3) is 0.463. The summed E-state index contributed by atoms with van der Waals surface area (Å²) in [6, 6.07) is 21.4. The predicted molar refractivity (Wildman–Crippen MR) is 218 cm³/mol. The molecule has 2 fully saturated rings. The van der Waals surface area contributed by atoms with E-state index in [9.17, 15) is 19.2 Å². The van der Waals surface area contributed by atoms with Crippen LogP contribution in [-0.2, 0) is 20.8 Å². The van der Waals surface area contributed by atoms with Crippen molar-refractivity contribution in [1.82, 2.24) is 31.5 Å². The zero-order valence-corrected chi connectivity index (χ0v) is 33.2. The lowest BCUT2D eigenvalue weighted by Crippen LogP contribution is -2.53. The van der Waals surface area contributed by atoms with Gasteiger partial charge in [-0.25, -0.2) is 4.79 Å². The molecule has 3 aromatic carbocycles. The number of hydrogen-bond donors (Lipinski definition) is 6. The van der Waals surface area contributed by atoms with Gasteiger partial charge in [0.25, 0.3) is 0 Å². The van der Waals surface area contributed by atoms with E-state index >= 15 is 0 Å². The molecule has 57 heavy (non-hydrogen) atoms. The lowest BCUT2D eigenvalue weighted by molar-refractivity contribution is -0.129. The molecule has 6 N–H and O–H groups in total. The standard InChI is InChI=1S/C41H51N9O6S/c1-26(44-37(52)22-27-14-16-29(17-15-27)48-49-42)40(53)45-31-24-50(2)33-23-30(18-19-34(33)56-39(31)28-10-5-3-6-11-28)55-21-8-4-7-20-43-36(51)13-9-12-35-38-32(25-57-35)46-41(54)47-38/h3,5-6,10-11,14-19,23,26,31-32,35,38-39,42H,4,7-9,12-13,20-22,24-25H2,1-2H3,(H4-,43,44,45,46,47,51,52,53,54)/p+1/t26-,31-,32-,35-,38-,39-/m0/s1. The molecule has 5 amide bonds. The molecule has 0 bridgehead atoms. The second-order valence-electron chi connectivity index (χ2n) is 14.7. The van der Waals surface area contributed by atoms with Gasteiger partial charge in [0, 0.05) is 43.6 Å². The third-order valence-electron chi connectivity index (χ3n) is 10.4. The van der Waals surface area contributed by atoms with Gasteiger partial charge in [0.15, 0.2) is 10.8 Å². The molecule has 3 aromatic rings. The molecule has 0 aromatic heterocycles. The number of benzene rings is 3. The van der Waals surface area contributed by atoms with Crippen molar-refractivity contribution < 1.29 is 28.7 Å². The highest BCUT2D eigenvalue weighted by Crippen LogP contribution is 2.39. The number of anilines is 1. The van der Waals surface area contributed by atoms with E-state index in [0.29, 0.717) is 48.6 Å². The number of nitrogens with one attached hydrogen (secondary N) is 6. The number of fused-ring (bicyclic) bond motifs is 2. The molecule has 3 aliphatic heterocycles. The van der Waals surface area contributed by atoms with Gasteiger partial charge in [-0.3, -0.25) is 14.4 Å². The Morgan fingerprint density at radius 3 is 2.63 bits per heavy atom. The van der Waals surface area contributed by atoms with E-state index in [2.05, 4.69) is 36.6 Å². The number of ether oxygens (including phenoxy) is 2. The van der Waals surface area contributed by atoms with Gasteiger partial charge in [-0.15, -0.1) is 0 Å². The van der Waals surface area contributed by atoms with E-state index < -0.39 is 18.2 Å². The Morgan fingerprint density at radius 2 is 1.84 bits per heavy atom. The number of carbonyl (C=O) groups excluding carboxylic acids is 4. The largest absolute Gasteiger partial charge is 0.494 e. The smallest absolute Gasteiger partial charge is 0.315 e. The zero-order chi connectivity index (χ0) is 40.1. The highest BCUT2D eigenvalue weighted by Gasteiger charge is 2.42. The van der Waals surface area contributed by atoms with Crippen molar-refractivity contribution in [3.63, 3.8) is 0 Å². The SMILES string of the molecule is C[C@H](NC(=O)Cc1ccc(N=[N+]=N)cc1)C(=O)N[C@H]1CN(C)c2cc(OCCCCCNC(=O)CCC[C@@H]3SC[C@@H]4NC(=O)N[C@@H]43)ccc2O[C@H]1c1ccccc1. The average Bonchev–Trinajstić information content (AvgIpc) is 3.72. The molecule has 15 nitrogen and oxygen atoms in total. The maximum Gasteiger partial charge on any atom is 0.315 e. The second-order valence-corrected chi connectivity index (χ2v) is 16.0. The van der Waals surface area contributed by atoms with Crippen LogP contribution in [0.4, 0.5) is 16.2 Å². The molecule has 0 saturated carbocycles. The Balaban J connectivity index is 0.943. The Morgan fingerprint density at radius 1 is 1.04 bits per heavy atom. The minimum Gasteiger partial charge on any atom is -0.494 e. The first kappa shape index (κ1) is 41.0. The van der Waals surface area contributed by atoms with Crippen molar-refractivity contribution in [2.75, 3.05) is 37.4 Å². The quantitative estimate of drug-likeness (QED) is 0.0462. The Kier molecular flexibility index (Phi) is 14.4. The molecular weight excluding hydrogens is 747 g/mol. The zero-order valence-electron chi connectivity index (χ0n) is 32.4. The number of nitrogens with zero attached hydrogens (tertiary/aromatic N) is 3. The van der Waals surface area contributed by atoms with Crippen molar-refractivity contribution in [3.05, 3.63) is 83.9 Å². The third kappa shape index (κ3) is 11.5. The van der Waals surface area contributed by atoms with Gasteiger partial charge < -0.3 is 41.0 Å². The van der Waals surface area contributed by atoms with Crippen molar-refractivity contribution in [2.45, 2.75) is 87.4 Å². The molecule has 3 heterocycles. The first-order valence-electron chi connectivity index (χ1n) is 19.6. The number of unbranched alkanes of at least 4 members (excludes halogenated alkanes) is 2. The fourth-order valence-electron chi connectivity index (χ4n) is 7.36. The van der Waals surface area contributed by atoms with Gasteiger partial charge in [-0.1, -0.05) is 42.5 Å². The van der Waals surface area contributed by atoms with E-state index in [-0.39, 0.29) is 42.3 Å². The van der Waals surface area contributed by atoms with Crippen molar-refractivity contribution >= 4 is 46.9 Å². The summed E-state index contributed by atoms with van der Waals surface area (Å²) < 4.78 is 12.8. The summed E-state index contributed by atoms with van der Waals surface area (Å²) >= 11 is 1.87. The Hall–Kier alpha value is -5.60. The van der Waals surface area contributed by atoms with Crippen molar-refractivity contribution in [1.29, 1.82) is 5.53 Å². The van der Waals surface area contributed by atoms with Gasteiger partial charge in [-0.2, -0.15) is 11.8 Å². The molecule has 2 saturated heterocycles. The van der Waals surface area contributed by atoms with Gasteiger partial charge in [-0.05, 0) is 74.4 Å². The normalized spacial score (nSPS) is 21.3. The first-order valence-corrected chi connectivity index (χ1v) is 20.6. The first-order chi connectivity index (χ1) is 27.7. The van der Waals surface area contributed by atoms with Crippen LogP contribution in [0.15, 0.2) is 77.9 Å². The van der Waals surface area contributed by atoms with Crippen LogP contribution in [0.25, 0.3) is 0 Å². The van der Waals surface area contributed by atoms with Gasteiger partial charge in [0.1, 0.15) is 29.2 Å². The molecule has 0 unspecified atom stereocenters. The number of urea groups is 1. The molecule has 0 spiro atoms. The summed E-state index contributed by atoms with van der Waals surface area (Å²) in [6.45, 7) is 3.25. The van der Waals surface area contributed by atoms with E-state index in [1.165, 1.54) is 0 Å². The molecule has 6 rings (SSSR count). The average molecular weight is 799 g/mol. The van der Waals surface area contributed by atoms with Crippen LogP contribution in [0.1, 0.15) is 62.7 Å². The van der Waals surface area contributed by atoms with E-state index in [0.717, 1.165) is 54.7 Å². The lowest BCUT2D eigenvalue weighted by atomic mass is 10.0. The van der Waals surface area contributed by atoms with E-state index in [1.807, 2.05) is 72.2 Å². The summed E-state index contributed by atoms with van der Waals surface area (Å²) in [4.78, 5) is 55.4. The number of carbonyl (C=O) groups is 4.